The molecule has 2 atom stereocenters. The standard InChI is InChI=1S/C19H27N3O2S/c1-13(17-21-15-7-5-6-8-16(15)25-17)20-11-14-9-10-22(12-14)18(23)24-19(2,3)4/h5-8,13-14,20H,9-12H2,1-4H3. The molecular formula is C19H27N3O2S. The summed E-state index contributed by atoms with van der Waals surface area (Å²) >= 11 is 1.74. The van der Waals surface area contributed by atoms with Crippen LogP contribution in [0.25, 0.3) is 10.2 Å². The van der Waals surface area contributed by atoms with Gasteiger partial charge in [0, 0.05) is 19.6 Å². The number of fused-ring (bicyclic) bond motifs is 1. The third kappa shape index (κ3) is 4.70. The van der Waals surface area contributed by atoms with Crippen molar-refractivity contribution in [1.29, 1.82) is 0 Å². The molecule has 1 amide bonds. The molecule has 136 valence electrons. The summed E-state index contributed by atoms with van der Waals surface area (Å²) in [5.41, 5.74) is 0.627. The second-order valence-electron chi connectivity index (χ2n) is 7.73. The number of likely N-dealkylation sites (tertiary alicyclic amines) is 1. The van der Waals surface area contributed by atoms with Crippen LogP contribution < -0.4 is 5.32 Å². The van der Waals surface area contributed by atoms with Crippen molar-refractivity contribution in [2.45, 2.75) is 45.8 Å². The van der Waals surface area contributed by atoms with Gasteiger partial charge in [0.15, 0.2) is 0 Å². The number of carbonyl (C=O) groups excluding carboxylic acids is 1. The second-order valence-corrected chi connectivity index (χ2v) is 8.79. The topological polar surface area (TPSA) is 54.5 Å². The number of amides is 1. The van der Waals surface area contributed by atoms with Crippen LogP contribution in [0.4, 0.5) is 4.79 Å². The highest BCUT2D eigenvalue weighted by atomic mass is 32.1. The monoisotopic (exact) mass is 361 g/mol. The van der Waals surface area contributed by atoms with Crippen molar-refractivity contribution >= 4 is 27.6 Å². The smallest absolute Gasteiger partial charge is 0.410 e. The molecule has 25 heavy (non-hydrogen) atoms. The predicted molar refractivity (Wildman–Crippen MR) is 102 cm³/mol. The molecule has 1 aliphatic heterocycles. The Labute approximate surface area is 153 Å². The maximum atomic E-state index is 12.1. The first-order valence-corrected chi connectivity index (χ1v) is 9.70. The van der Waals surface area contributed by atoms with Crippen molar-refractivity contribution in [1.82, 2.24) is 15.2 Å². The third-order valence-electron chi connectivity index (χ3n) is 4.33. The molecule has 1 aromatic heterocycles. The van der Waals surface area contributed by atoms with Gasteiger partial charge in [0.2, 0.25) is 0 Å². The minimum atomic E-state index is -0.436. The fourth-order valence-corrected chi connectivity index (χ4v) is 3.99. The van der Waals surface area contributed by atoms with Crippen molar-refractivity contribution in [3.63, 3.8) is 0 Å². The van der Waals surface area contributed by atoms with E-state index in [2.05, 4.69) is 24.4 Å². The first-order valence-electron chi connectivity index (χ1n) is 8.88. The van der Waals surface area contributed by atoms with Crippen molar-refractivity contribution in [3.05, 3.63) is 29.3 Å². The van der Waals surface area contributed by atoms with Crippen LogP contribution in [0.2, 0.25) is 0 Å². The molecule has 1 fully saturated rings. The lowest BCUT2D eigenvalue weighted by molar-refractivity contribution is 0.0288. The fourth-order valence-electron chi connectivity index (χ4n) is 3.00. The molecule has 0 bridgehead atoms. The number of benzene rings is 1. The van der Waals surface area contributed by atoms with Crippen LogP contribution in [-0.4, -0.2) is 41.2 Å². The van der Waals surface area contributed by atoms with E-state index in [-0.39, 0.29) is 12.1 Å². The molecule has 1 aromatic carbocycles. The third-order valence-corrected chi connectivity index (χ3v) is 5.55. The van der Waals surface area contributed by atoms with E-state index in [1.165, 1.54) is 4.70 Å². The average Bonchev–Trinajstić information content (AvgIpc) is 3.17. The summed E-state index contributed by atoms with van der Waals surface area (Å²) in [6.45, 7) is 10.3. The average molecular weight is 362 g/mol. The Bertz CT molecular complexity index is 705. The first-order chi connectivity index (χ1) is 11.8. The van der Waals surface area contributed by atoms with Gasteiger partial charge in [-0.25, -0.2) is 9.78 Å². The van der Waals surface area contributed by atoms with E-state index in [0.717, 1.165) is 36.6 Å². The SMILES string of the molecule is CC(NCC1CCN(C(=O)OC(C)(C)C)C1)c1nc2ccccc2s1. The number of thiazole rings is 1. The molecule has 1 N–H and O–H groups in total. The van der Waals surface area contributed by atoms with Crippen molar-refractivity contribution in [3.8, 4) is 0 Å². The minimum absolute atomic E-state index is 0.200. The zero-order valence-corrected chi connectivity index (χ0v) is 16.2. The van der Waals surface area contributed by atoms with E-state index in [1.807, 2.05) is 37.8 Å². The number of hydrogen-bond acceptors (Lipinski definition) is 5. The quantitative estimate of drug-likeness (QED) is 0.886. The highest BCUT2D eigenvalue weighted by Crippen LogP contribution is 2.26. The minimum Gasteiger partial charge on any atom is -0.444 e. The molecule has 2 unspecified atom stereocenters. The van der Waals surface area contributed by atoms with Gasteiger partial charge in [-0.2, -0.15) is 0 Å². The zero-order chi connectivity index (χ0) is 18.0. The Kier molecular flexibility index (Phi) is 5.29. The molecule has 6 heteroatoms. The van der Waals surface area contributed by atoms with E-state index < -0.39 is 5.60 Å². The largest absolute Gasteiger partial charge is 0.444 e. The second kappa shape index (κ2) is 7.30. The van der Waals surface area contributed by atoms with Gasteiger partial charge in [0.05, 0.1) is 16.3 Å². The van der Waals surface area contributed by atoms with Gasteiger partial charge in [-0.05, 0) is 52.2 Å². The van der Waals surface area contributed by atoms with Gasteiger partial charge in [-0.15, -0.1) is 11.3 Å². The van der Waals surface area contributed by atoms with Crippen molar-refractivity contribution < 1.29 is 9.53 Å². The van der Waals surface area contributed by atoms with Crippen LogP contribution in [0.1, 0.15) is 45.2 Å². The van der Waals surface area contributed by atoms with Crippen LogP contribution in [0, 0.1) is 5.92 Å². The van der Waals surface area contributed by atoms with Gasteiger partial charge in [0.25, 0.3) is 0 Å². The van der Waals surface area contributed by atoms with E-state index in [9.17, 15) is 4.79 Å². The molecule has 0 aliphatic carbocycles. The summed E-state index contributed by atoms with van der Waals surface area (Å²) in [6.07, 6.45) is 0.813. The predicted octanol–water partition coefficient (Wildman–Crippen LogP) is 4.20. The molecule has 0 radical (unpaired) electrons. The van der Waals surface area contributed by atoms with E-state index in [1.54, 1.807) is 11.3 Å². The van der Waals surface area contributed by atoms with Gasteiger partial charge in [-0.1, -0.05) is 12.1 Å². The summed E-state index contributed by atoms with van der Waals surface area (Å²) in [4.78, 5) is 18.7. The maximum Gasteiger partial charge on any atom is 0.410 e. The zero-order valence-electron chi connectivity index (χ0n) is 15.4. The number of carbonyl (C=O) groups is 1. The lowest BCUT2D eigenvalue weighted by Crippen LogP contribution is -2.36. The molecule has 2 aromatic rings. The number of rotatable bonds is 4. The molecule has 5 nitrogen and oxygen atoms in total. The molecule has 2 heterocycles. The molecule has 0 saturated carbocycles. The Hall–Kier alpha value is -1.66. The first kappa shape index (κ1) is 18.1. The normalized spacial score (nSPS) is 19.4. The number of ether oxygens (including phenoxy) is 1. The molecule has 0 spiro atoms. The van der Waals surface area contributed by atoms with Crippen LogP contribution in [0.15, 0.2) is 24.3 Å². The summed E-state index contributed by atoms with van der Waals surface area (Å²) in [5, 5.41) is 4.69. The van der Waals surface area contributed by atoms with Crippen LogP contribution >= 0.6 is 11.3 Å². The maximum absolute atomic E-state index is 12.1. The van der Waals surface area contributed by atoms with E-state index in [4.69, 9.17) is 9.72 Å². The summed E-state index contributed by atoms with van der Waals surface area (Å²) in [5.74, 6) is 0.462. The lowest BCUT2D eigenvalue weighted by Gasteiger charge is -2.24. The molecule has 3 rings (SSSR count). The summed E-state index contributed by atoms with van der Waals surface area (Å²) < 4.78 is 6.68. The highest BCUT2D eigenvalue weighted by molar-refractivity contribution is 7.18. The Morgan fingerprint density at radius 2 is 2.20 bits per heavy atom. The Balaban J connectivity index is 1.49. The van der Waals surface area contributed by atoms with Gasteiger partial charge in [0.1, 0.15) is 10.6 Å². The van der Waals surface area contributed by atoms with E-state index >= 15 is 0 Å². The highest BCUT2D eigenvalue weighted by Gasteiger charge is 2.29. The molecular weight excluding hydrogens is 334 g/mol. The Morgan fingerprint density at radius 3 is 2.92 bits per heavy atom. The molecule has 1 saturated heterocycles. The van der Waals surface area contributed by atoms with Crippen molar-refractivity contribution in [2.24, 2.45) is 5.92 Å². The van der Waals surface area contributed by atoms with Gasteiger partial charge < -0.3 is 15.0 Å². The summed E-state index contributed by atoms with van der Waals surface area (Å²) in [7, 11) is 0. The fraction of sp³-hybridized carbons (Fsp3) is 0.579. The van der Waals surface area contributed by atoms with Gasteiger partial charge >= 0.3 is 6.09 Å². The van der Waals surface area contributed by atoms with Crippen LogP contribution in [0.3, 0.4) is 0 Å². The van der Waals surface area contributed by atoms with Crippen LogP contribution in [-0.2, 0) is 4.74 Å². The summed E-state index contributed by atoms with van der Waals surface area (Å²) in [6, 6.07) is 8.45. The number of hydrogen-bond donors (Lipinski definition) is 1. The van der Waals surface area contributed by atoms with Crippen molar-refractivity contribution in [2.75, 3.05) is 19.6 Å². The number of nitrogens with one attached hydrogen (secondary N) is 1. The number of para-hydroxylation sites is 1. The molecule has 1 aliphatic rings. The van der Waals surface area contributed by atoms with E-state index in [0.29, 0.717) is 5.92 Å². The van der Waals surface area contributed by atoms with Crippen LogP contribution in [0.5, 0.6) is 0 Å². The van der Waals surface area contributed by atoms with Gasteiger partial charge in [-0.3, -0.25) is 0 Å². The lowest BCUT2D eigenvalue weighted by atomic mass is 10.1. The number of aromatic nitrogens is 1. The Morgan fingerprint density at radius 1 is 1.44 bits per heavy atom. The number of nitrogens with zero attached hydrogens (tertiary/aromatic N) is 2.